The first-order valence-electron chi connectivity index (χ1n) is 9.55. The molecule has 3 unspecified atom stereocenters. The molecule has 1 N–H and O–H groups in total. The summed E-state index contributed by atoms with van der Waals surface area (Å²) in [5.41, 5.74) is 3.76. The van der Waals surface area contributed by atoms with E-state index in [1.165, 1.54) is 14.2 Å². The van der Waals surface area contributed by atoms with Gasteiger partial charge in [0.1, 0.15) is 0 Å². The highest BCUT2D eigenvalue weighted by atomic mass is 31.1. The molecule has 7 heteroatoms. The molecule has 2 rings (SSSR count). The van der Waals surface area contributed by atoms with E-state index in [1.807, 2.05) is 60.7 Å². The third-order valence-electron chi connectivity index (χ3n) is 4.69. The second kappa shape index (κ2) is 11.8. The number of aryl methyl sites for hydroxylation is 1. The van der Waals surface area contributed by atoms with Gasteiger partial charge in [-0.1, -0.05) is 65.2 Å². The van der Waals surface area contributed by atoms with Crippen molar-refractivity contribution < 1.29 is 23.7 Å². The molecule has 0 fully saturated rings. The molecule has 0 saturated carbocycles. The number of benzene rings is 2. The standard InChI is InChI=1S/C22H29NO5P/c1-18(21(24)26-2)17-29(25)22(27-3,15-14-19-10-6-4-7-11-19)23-28-16-20-12-8-5-9-13-20/h4-13,18,23H,14-17H2,1-3H3/q+1. The van der Waals surface area contributed by atoms with Gasteiger partial charge >= 0.3 is 19.2 Å². The van der Waals surface area contributed by atoms with E-state index in [1.54, 1.807) is 6.92 Å². The normalized spacial score (nSPS) is 14.7. The van der Waals surface area contributed by atoms with E-state index in [-0.39, 0.29) is 6.16 Å². The van der Waals surface area contributed by atoms with Crippen LogP contribution < -0.4 is 5.48 Å². The summed E-state index contributed by atoms with van der Waals surface area (Å²) in [5, 5.41) is 0. The van der Waals surface area contributed by atoms with Crippen molar-refractivity contribution in [3.05, 3.63) is 71.8 Å². The van der Waals surface area contributed by atoms with Crippen LogP contribution in [-0.4, -0.2) is 31.8 Å². The Morgan fingerprint density at radius 2 is 1.62 bits per heavy atom. The maximum absolute atomic E-state index is 13.3. The van der Waals surface area contributed by atoms with Crippen molar-refractivity contribution in [2.75, 3.05) is 20.4 Å². The Kier molecular flexibility index (Phi) is 9.42. The van der Waals surface area contributed by atoms with Gasteiger partial charge in [0, 0.05) is 13.5 Å². The monoisotopic (exact) mass is 418 g/mol. The number of rotatable bonds is 12. The average molecular weight is 418 g/mol. The van der Waals surface area contributed by atoms with E-state index in [0.29, 0.717) is 19.4 Å². The smallest absolute Gasteiger partial charge is 0.393 e. The molecule has 0 radical (unpaired) electrons. The van der Waals surface area contributed by atoms with Gasteiger partial charge in [-0.05, 0) is 24.5 Å². The van der Waals surface area contributed by atoms with Crippen LogP contribution in [0.5, 0.6) is 0 Å². The summed E-state index contributed by atoms with van der Waals surface area (Å²) >= 11 is 0. The number of carbonyl (C=O) groups is 1. The van der Waals surface area contributed by atoms with Crippen LogP contribution in [0.25, 0.3) is 0 Å². The van der Waals surface area contributed by atoms with E-state index in [9.17, 15) is 9.36 Å². The molecule has 0 aliphatic carbocycles. The Balaban J connectivity index is 2.11. The van der Waals surface area contributed by atoms with E-state index in [4.69, 9.17) is 14.3 Å². The molecule has 0 aliphatic heterocycles. The topological polar surface area (TPSA) is 73.9 Å². The molecule has 0 saturated heterocycles. The summed E-state index contributed by atoms with van der Waals surface area (Å²) in [5.74, 6) is -0.905. The van der Waals surface area contributed by atoms with Crippen LogP contribution in [0.15, 0.2) is 60.7 Å². The number of hydrogen-bond donors (Lipinski definition) is 1. The number of nitrogens with one attached hydrogen (secondary N) is 1. The summed E-state index contributed by atoms with van der Waals surface area (Å²) in [7, 11) is 0.834. The third kappa shape index (κ3) is 7.02. The van der Waals surface area contributed by atoms with Crippen LogP contribution in [-0.2, 0) is 36.7 Å². The zero-order valence-electron chi connectivity index (χ0n) is 17.2. The fraction of sp³-hybridized carbons (Fsp3) is 0.409. The van der Waals surface area contributed by atoms with Crippen LogP contribution in [0.2, 0.25) is 0 Å². The lowest BCUT2D eigenvalue weighted by Gasteiger charge is -2.24. The highest BCUT2D eigenvalue weighted by Crippen LogP contribution is 2.43. The number of hydrogen-bond acceptors (Lipinski definition) is 6. The second-order valence-corrected chi connectivity index (χ2v) is 8.68. The molecule has 0 aromatic heterocycles. The summed E-state index contributed by atoms with van der Waals surface area (Å²) in [6.07, 6.45) is 1.20. The van der Waals surface area contributed by atoms with Crippen LogP contribution >= 0.6 is 7.80 Å². The summed E-state index contributed by atoms with van der Waals surface area (Å²) in [6.45, 7) is 1.99. The Morgan fingerprint density at radius 1 is 1.03 bits per heavy atom. The van der Waals surface area contributed by atoms with E-state index >= 15 is 0 Å². The molecule has 0 heterocycles. The van der Waals surface area contributed by atoms with Crippen molar-refractivity contribution in [2.45, 2.75) is 31.8 Å². The van der Waals surface area contributed by atoms with E-state index < -0.39 is 25.2 Å². The van der Waals surface area contributed by atoms with Crippen LogP contribution in [0.3, 0.4) is 0 Å². The molecule has 0 bridgehead atoms. The predicted octanol–water partition coefficient (Wildman–Crippen LogP) is 4.28. The first-order valence-corrected chi connectivity index (χ1v) is 11.0. The molecule has 2 aromatic rings. The van der Waals surface area contributed by atoms with Gasteiger partial charge in [0.2, 0.25) is 0 Å². The highest BCUT2D eigenvalue weighted by Gasteiger charge is 2.51. The van der Waals surface area contributed by atoms with Gasteiger partial charge in [0.05, 0.1) is 19.6 Å². The van der Waals surface area contributed by atoms with Crippen LogP contribution in [0.4, 0.5) is 0 Å². The Hall–Kier alpha value is -2.11. The third-order valence-corrected chi connectivity index (χ3v) is 6.88. The number of ether oxygens (including phenoxy) is 2. The van der Waals surface area contributed by atoms with Gasteiger partial charge in [-0.25, -0.2) is 0 Å². The van der Waals surface area contributed by atoms with Gasteiger partial charge in [-0.15, -0.1) is 5.48 Å². The Morgan fingerprint density at radius 3 is 2.17 bits per heavy atom. The second-order valence-electron chi connectivity index (χ2n) is 6.84. The quantitative estimate of drug-likeness (QED) is 0.240. The number of carbonyl (C=O) groups excluding carboxylic acids is 1. The maximum atomic E-state index is 13.3. The van der Waals surface area contributed by atoms with Crippen molar-refractivity contribution in [3.63, 3.8) is 0 Å². The van der Waals surface area contributed by atoms with Crippen molar-refractivity contribution in [1.29, 1.82) is 0 Å². The van der Waals surface area contributed by atoms with Crippen molar-refractivity contribution in [1.82, 2.24) is 5.48 Å². The van der Waals surface area contributed by atoms with Gasteiger partial charge in [0.25, 0.3) is 0 Å². The van der Waals surface area contributed by atoms with E-state index in [2.05, 4.69) is 5.48 Å². The molecular weight excluding hydrogens is 389 g/mol. The molecule has 0 aliphatic rings. The molecule has 29 heavy (non-hydrogen) atoms. The van der Waals surface area contributed by atoms with Crippen molar-refractivity contribution in [2.24, 2.45) is 5.92 Å². The van der Waals surface area contributed by atoms with E-state index in [0.717, 1.165) is 11.1 Å². The van der Waals surface area contributed by atoms with Gasteiger partial charge in [-0.2, -0.15) is 0 Å². The fourth-order valence-electron chi connectivity index (χ4n) is 2.91. The Bertz CT molecular complexity index is 771. The van der Waals surface area contributed by atoms with Gasteiger partial charge < -0.3 is 9.47 Å². The number of esters is 1. The summed E-state index contributed by atoms with van der Waals surface area (Å²) in [4.78, 5) is 17.5. The lowest BCUT2D eigenvalue weighted by molar-refractivity contribution is -0.144. The molecule has 156 valence electrons. The van der Waals surface area contributed by atoms with Crippen LogP contribution in [0, 0.1) is 5.92 Å². The van der Waals surface area contributed by atoms with Crippen molar-refractivity contribution in [3.8, 4) is 0 Å². The molecule has 2 aromatic carbocycles. The first kappa shape index (κ1) is 23.2. The molecule has 3 atom stereocenters. The Labute approximate surface area is 173 Å². The lowest BCUT2D eigenvalue weighted by Crippen LogP contribution is -2.45. The van der Waals surface area contributed by atoms with Gasteiger partial charge in [0.15, 0.2) is 6.16 Å². The molecule has 0 spiro atoms. The maximum Gasteiger partial charge on any atom is 0.393 e. The zero-order chi connectivity index (χ0) is 21.1. The number of hydroxylamine groups is 1. The fourth-order valence-corrected chi connectivity index (χ4v) is 4.58. The summed E-state index contributed by atoms with van der Waals surface area (Å²) in [6, 6.07) is 19.6. The summed E-state index contributed by atoms with van der Waals surface area (Å²) < 4.78 is 23.7. The minimum Gasteiger partial charge on any atom is -0.469 e. The molecule has 0 amide bonds. The lowest BCUT2D eigenvalue weighted by atomic mass is 10.1. The van der Waals surface area contributed by atoms with Gasteiger partial charge in [-0.3, -0.25) is 9.63 Å². The molecule has 6 nitrogen and oxygen atoms in total. The predicted molar refractivity (Wildman–Crippen MR) is 113 cm³/mol. The number of methoxy groups -OCH3 is 2. The molecular formula is C22H29NO5P+. The minimum absolute atomic E-state index is 0.131. The largest absolute Gasteiger partial charge is 0.469 e. The zero-order valence-corrected chi connectivity index (χ0v) is 18.1. The highest BCUT2D eigenvalue weighted by molar-refractivity contribution is 7.46. The average Bonchev–Trinajstić information content (AvgIpc) is 2.77. The minimum atomic E-state index is -1.99. The van der Waals surface area contributed by atoms with Crippen LogP contribution in [0.1, 0.15) is 24.5 Å². The van der Waals surface area contributed by atoms with Crippen molar-refractivity contribution >= 4 is 13.8 Å². The SMILES string of the molecule is COC(=O)C(C)C[P+](=O)C(CCc1ccccc1)(NOCc1ccccc1)OC. The first-order chi connectivity index (χ1) is 14.0.